The quantitative estimate of drug-likeness (QED) is 0.151. The molecule has 2 aliphatic carbocycles. The molecule has 0 bridgehead atoms. The summed E-state index contributed by atoms with van der Waals surface area (Å²) in [4.78, 5) is 0. The predicted molar refractivity (Wildman–Crippen MR) is 323 cm³/mol. The van der Waals surface area contributed by atoms with E-state index in [9.17, 15) is 0 Å². The van der Waals surface area contributed by atoms with Gasteiger partial charge in [0.15, 0.2) is 0 Å². The van der Waals surface area contributed by atoms with Crippen LogP contribution in [0.1, 0.15) is 17.5 Å². The molecule has 0 fully saturated rings. The number of rotatable bonds is 7. The second-order valence-electron chi connectivity index (χ2n) is 20.7. The Morgan fingerprint density at radius 3 is 1.16 bits per heavy atom. The number of para-hydroxylation sites is 4. The van der Waals surface area contributed by atoms with Gasteiger partial charge >= 0.3 is 0 Å². The molecule has 3 heterocycles. The standard InChI is InChI=1S/C74H49N3/c1-4-18-48(19-5-1)73-59-26-10-12-28-61(59)74(62-29-13-11-27-60(62)73)49-32-38-56(39-33-49)77-71-42-36-52(50-34-40-69-63(44-50)57-24-14-16-30-67(57)75(69)54-20-6-2-7-21-54)46-65(71)66-47-53(37-43-72(66)77)51-35-41-70-64(45-51)58-25-15-17-31-68(58)76(70)55-22-8-3-9-23-55/h1-26,28-47,60H,27H2. The van der Waals surface area contributed by atoms with E-state index in [1.54, 1.807) is 0 Å². The van der Waals surface area contributed by atoms with Gasteiger partial charge in [-0.05, 0) is 164 Å². The van der Waals surface area contributed by atoms with E-state index in [2.05, 4.69) is 293 Å². The zero-order chi connectivity index (χ0) is 50.6. The van der Waals surface area contributed by atoms with Crippen LogP contribution in [-0.4, -0.2) is 13.7 Å². The topological polar surface area (TPSA) is 14.8 Å². The molecule has 0 radical (unpaired) electrons. The van der Waals surface area contributed by atoms with Crippen molar-refractivity contribution in [2.45, 2.75) is 6.42 Å². The summed E-state index contributed by atoms with van der Waals surface area (Å²) in [7, 11) is 0. The molecule has 77 heavy (non-hydrogen) atoms. The first kappa shape index (κ1) is 43.4. The normalized spacial score (nSPS) is 14.3. The summed E-state index contributed by atoms with van der Waals surface area (Å²) in [6.45, 7) is 0. The molecule has 0 saturated heterocycles. The molecule has 16 rings (SSSR count). The van der Waals surface area contributed by atoms with Gasteiger partial charge in [-0.15, -0.1) is 0 Å². The first-order chi connectivity index (χ1) is 38.2. The molecule has 1 unspecified atom stereocenters. The highest BCUT2D eigenvalue weighted by molar-refractivity contribution is 6.15. The van der Waals surface area contributed by atoms with Gasteiger partial charge in [0.1, 0.15) is 0 Å². The van der Waals surface area contributed by atoms with Gasteiger partial charge in [0, 0.05) is 55.3 Å². The van der Waals surface area contributed by atoms with Gasteiger partial charge < -0.3 is 13.7 Å². The third kappa shape index (κ3) is 6.77. The van der Waals surface area contributed by atoms with Crippen LogP contribution in [0.3, 0.4) is 0 Å². The van der Waals surface area contributed by atoms with E-state index in [4.69, 9.17) is 0 Å². The van der Waals surface area contributed by atoms with Crippen LogP contribution in [0.2, 0.25) is 0 Å². The minimum absolute atomic E-state index is 0.277. The van der Waals surface area contributed by atoms with Gasteiger partial charge in [-0.1, -0.05) is 182 Å². The highest BCUT2D eigenvalue weighted by Gasteiger charge is 2.29. The van der Waals surface area contributed by atoms with Crippen molar-refractivity contribution < 1.29 is 0 Å². The molecule has 11 aromatic carbocycles. The van der Waals surface area contributed by atoms with E-state index >= 15 is 0 Å². The minimum atomic E-state index is 0.277. The van der Waals surface area contributed by atoms with Crippen LogP contribution in [0.25, 0.3) is 116 Å². The van der Waals surface area contributed by atoms with Crippen molar-refractivity contribution in [2.75, 3.05) is 0 Å². The van der Waals surface area contributed by atoms with E-state index in [0.717, 1.165) is 23.5 Å². The van der Waals surface area contributed by atoms with Crippen LogP contribution in [-0.2, 0) is 0 Å². The molecule has 0 spiro atoms. The van der Waals surface area contributed by atoms with E-state index in [1.807, 2.05) is 0 Å². The molecule has 14 aromatic rings. The summed E-state index contributed by atoms with van der Waals surface area (Å²) in [5, 5.41) is 10.0. The van der Waals surface area contributed by atoms with Crippen molar-refractivity contribution in [1.82, 2.24) is 13.7 Å². The maximum atomic E-state index is 2.47. The second kappa shape index (κ2) is 17.3. The van der Waals surface area contributed by atoms with Gasteiger partial charge in [-0.2, -0.15) is 0 Å². The Balaban J connectivity index is 0.882. The molecule has 0 amide bonds. The van der Waals surface area contributed by atoms with E-state index in [0.29, 0.717) is 0 Å². The van der Waals surface area contributed by atoms with Crippen LogP contribution >= 0.6 is 0 Å². The van der Waals surface area contributed by atoms with Crippen molar-refractivity contribution in [3.63, 3.8) is 0 Å². The molecule has 2 aliphatic rings. The average Bonchev–Trinajstić information content (AvgIpc) is 4.14. The summed E-state index contributed by atoms with van der Waals surface area (Å²) >= 11 is 0. The largest absolute Gasteiger partial charge is 0.309 e. The van der Waals surface area contributed by atoms with Gasteiger partial charge in [0.2, 0.25) is 0 Å². The Labute approximate surface area is 445 Å². The Morgan fingerprint density at radius 1 is 0.286 bits per heavy atom. The summed E-state index contributed by atoms with van der Waals surface area (Å²) in [5.74, 6) is 0.277. The molecule has 3 aromatic heterocycles. The van der Waals surface area contributed by atoms with Gasteiger partial charge in [-0.25, -0.2) is 0 Å². The summed E-state index contributed by atoms with van der Waals surface area (Å²) < 4.78 is 7.26. The number of fused-ring (bicyclic) bond motifs is 11. The van der Waals surface area contributed by atoms with Crippen LogP contribution in [0.5, 0.6) is 0 Å². The SMILES string of the molecule is C1=CCC2C(=C1)C(c1ccc(-n3c4ccc(-c5ccc6c(c5)c5ccccc5n6-c5ccccc5)cc4c4cc(-c5ccc6c(c5)c5ccccc5n6-c5ccccc5)ccc43)cc1)=c1ccccc1=C2c1ccccc1. The number of benzene rings is 11. The number of nitrogens with zero attached hydrogens (tertiary/aromatic N) is 3. The molecule has 3 heteroatoms. The smallest absolute Gasteiger partial charge is 0.0541 e. The van der Waals surface area contributed by atoms with Crippen molar-refractivity contribution in [2.24, 2.45) is 5.92 Å². The summed E-state index contributed by atoms with van der Waals surface area (Å²) in [5.41, 5.74) is 22.1. The zero-order valence-corrected chi connectivity index (χ0v) is 42.2. The molecular weight excluding hydrogens is 931 g/mol. The maximum absolute atomic E-state index is 2.47. The third-order valence-corrected chi connectivity index (χ3v) is 16.6. The fourth-order valence-electron chi connectivity index (χ4n) is 13.2. The highest BCUT2D eigenvalue weighted by atomic mass is 15.0. The Hall–Kier alpha value is -9.96. The Bertz CT molecular complexity index is 4700. The van der Waals surface area contributed by atoms with Crippen molar-refractivity contribution >= 4 is 76.6 Å². The van der Waals surface area contributed by atoms with Gasteiger partial charge in [0.05, 0.1) is 33.1 Å². The van der Waals surface area contributed by atoms with Crippen molar-refractivity contribution in [3.05, 3.63) is 306 Å². The van der Waals surface area contributed by atoms with Crippen molar-refractivity contribution in [3.8, 4) is 39.3 Å². The Kier molecular flexibility index (Phi) is 9.77. The number of aromatic nitrogens is 3. The maximum Gasteiger partial charge on any atom is 0.0541 e. The molecule has 0 N–H and O–H groups in total. The number of hydrogen-bond acceptors (Lipinski definition) is 0. The van der Waals surface area contributed by atoms with Crippen LogP contribution in [0.15, 0.2) is 285 Å². The molecular formula is C74H49N3. The first-order valence-corrected chi connectivity index (χ1v) is 26.8. The minimum Gasteiger partial charge on any atom is -0.309 e. The van der Waals surface area contributed by atoms with E-state index < -0.39 is 0 Å². The average molecular weight is 980 g/mol. The van der Waals surface area contributed by atoms with Gasteiger partial charge in [0.25, 0.3) is 0 Å². The molecule has 0 saturated carbocycles. The van der Waals surface area contributed by atoms with Gasteiger partial charge in [-0.3, -0.25) is 0 Å². The van der Waals surface area contributed by atoms with Crippen LogP contribution < -0.4 is 10.4 Å². The molecule has 3 nitrogen and oxygen atoms in total. The summed E-state index contributed by atoms with van der Waals surface area (Å²) in [6.07, 6.45) is 7.92. The summed E-state index contributed by atoms with van der Waals surface area (Å²) in [6, 6.07) is 96.6. The fraction of sp³-hybridized carbons (Fsp3) is 0.0270. The Morgan fingerprint density at radius 2 is 0.662 bits per heavy atom. The monoisotopic (exact) mass is 979 g/mol. The lowest BCUT2D eigenvalue weighted by atomic mass is 9.72. The zero-order valence-electron chi connectivity index (χ0n) is 42.2. The van der Waals surface area contributed by atoms with Crippen molar-refractivity contribution in [1.29, 1.82) is 0 Å². The highest BCUT2D eigenvalue weighted by Crippen LogP contribution is 2.43. The molecule has 0 aliphatic heterocycles. The third-order valence-electron chi connectivity index (χ3n) is 16.6. The number of hydrogen-bond donors (Lipinski definition) is 0. The first-order valence-electron chi connectivity index (χ1n) is 26.8. The predicted octanol–water partition coefficient (Wildman–Crippen LogP) is 17.2. The lowest BCUT2D eigenvalue weighted by Gasteiger charge is -2.31. The molecule has 1 atom stereocenters. The number of allylic oxidation sites excluding steroid dienone is 4. The lowest BCUT2D eigenvalue weighted by Crippen LogP contribution is -2.37. The van der Waals surface area contributed by atoms with Crippen LogP contribution in [0, 0.1) is 5.92 Å². The van der Waals surface area contributed by atoms with E-state index in [1.165, 1.54) is 126 Å². The van der Waals surface area contributed by atoms with E-state index in [-0.39, 0.29) is 5.92 Å². The molecule has 360 valence electrons. The second-order valence-corrected chi connectivity index (χ2v) is 20.7. The van der Waals surface area contributed by atoms with Crippen LogP contribution in [0.4, 0.5) is 0 Å². The lowest BCUT2D eigenvalue weighted by molar-refractivity contribution is 0.797. The fourth-order valence-corrected chi connectivity index (χ4v) is 13.2.